The van der Waals surface area contributed by atoms with Crippen LogP contribution in [0.25, 0.3) is 6.08 Å². The molecule has 4 nitrogen and oxygen atoms in total. The first-order chi connectivity index (χ1) is 11.1. The molecule has 0 radical (unpaired) electrons. The zero-order valence-electron chi connectivity index (χ0n) is 12.9. The first-order valence-corrected chi connectivity index (χ1v) is 7.96. The lowest BCUT2D eigenvalue weighted by molar-refractivity contribution is -0.115. The fourth-order valence-electron chi connectivity index (χ4n) is 2.15. The highest BCUT2D eigenvalue weighted by Crippen LogP contribution is 2.28. The van der Waals surface area contributed by atoms with Crippen LogP contribution in [0.4, 0.5) is 5.69 Å². The van der Waals surface area contributed by atoms with Crippen molar-refractivity contribution in [3.05, 3.63) is 64.6 Å². The molecule has 0 spiro atoms. The molecule has 1 amide bonds. The standard InChI is InChI=1S/C18H16N2O2S/c1-12-4-3-5-14(10-12)19-18-20-17(21)16(23-18)11-13-6-8-15(22-2)9-7-13/h3-11H,1-2H3,(H,19,20,21)/b16-11+. The Labute approximate surface area is 139 Å². The van der Waals surface area contributed by atoms with Gasteiger partial charge in [-0.15, -0.1) is 0 Å². The lowest BCUT2D eigenvalue weighted by Crippen LogP contribution is -2.19. The number of hydrogen-bond acceptors (Lipinski definition) is 4. The van der Waals surface area contributed by atoms with Gasteiger partial charge in [0.1, 0.15) is 5.75 Å². The van der Waals surface area contributed by atoms with E-state index in [2.05, 4.69) is 10.3 Å². The topological polar surface area (TPSA) is 50.7 Å². The van der Waals surface area contributed by atoms with Gasteiger partial charge in [0.05, 0.1) is 17.7 Å². The summed E-state index contributed by atoms with van der Waals surface area (Å²) in [6, 6.07) is 15.4. The number of aryl methyl sites for hydroxylation is 1. The van der Waals surface area contributed by atoms with Crippen molar-refractivity contribution >= 4 is 34.6 Å². The number of carbonyl (C=O) groups is 1. The van der Waals surface area contributed by atoms with E-state index in [1.165, 1.54) is 11.8 Å². The molecular weight excluding hydrogens is 308 g/mol. The van der Waals surface area contributed by atoms with Crippen molar-refractivity contribution in [3.63, 3.8) is 0 Å². The van der Waals surface area contributed by atoms with E-state index in [-0.39, 0.29) is 5.91 Å². The second-order valence-corrected chi connectivity index (χ2v) is 6.12. The second kappa shape index (κ2) is 6.71. The zero-order chi connectivity index (χ0) is 16.2. The van der Waals surface area contributed by atoms with Crippen LogP contribution in [0.2, 0.25) is 0 Å². The van der Waals surface area contributed by atoms with Crippen LogP contribution in [0.5, 0.6) is 5.75 Å². The highest BCUT2D eigenvalue weighted by atomic mass is 32.2. The van der Waals surface area contributed by atoms with Crippen LogP contribution in [0.15, 0.2) is 58.4 Å². The van der Waals surface area contributed by atoms with E-state index < -0.39 is 0 Å². The van der Waals surface area contributed by atoms with E-state index in [9.17, 15) is 4.79 Å². The molecule has 0 unspecified atom stereocenters. The van der Waals surface area contributed by atoms with Crippen molar-refractivity contribution in [2.24, 2.45) is 4.99 Å². The van der Waals surface area contributed by atoms with Crippen molar-refractivity contribution < 1.29 is 9.53 Å². The smallest absolute Gasteiger partial charge is 0.264 e. The molecule has 1 heterocycles. The van der Waals surface area contributed by atoms with Crippen LogP contribution in [0, 0.1) is 6.92 Å². The fraction of sp³-hybridized carbons (Fsp3) is 0.111. The van der Waals surface area contributed by atoms with Gasteiger partial charge < -0.3 is 10.1 Å². The maximum Gasteiger partial charge on any atom is 0.264 e. The van der Waals surface area contributed by atoms with Crippen molar-refractivity contribution in [2.45, 2.75) is 6.92 Å². The van der Waals surface area contributed by atoms with Crippen LogP contribution >= 0.6 is 11.8 Å². The summed E-state index contributed by atoms with van der Waals surface area (Å²) in [5.74, 6) is 0.662. The highest BCUT2D eigenvalue weighted by molar-refractivity contribution is 8.18. The van der Waals surface area contributed by atoms with Crippen LogP contribution in [-0.4, -0.2) is 18.2 Å². The van der Waals surface area contributed by atoms with Gasteiger partial charge in [-0.2, -0.15) is 0 Å². The summed E-state index contributed by atoms with van der Waals surface area (Å²) in [6.45, 7) is 2.01. The molecule has 1 aliphatic heterocycles. The number of nitrogens with zero attached hydrogens (tertiary/aromatic N) is 1. The number of aliphatic imine (C=N–C) groups is 1. The molecule has 0 aromatic heterocycles. The molecule has 5 heteroatoms. The number of benzene rings is 2. The van der Waals surface area contributed by atoms with Gasteiger partial charge in [-0.05, 0) is 60.2 Å². The summed E-state index contributed by atoms with van der Waals surface area (Å²) in [7, 11) is 1.63. The van der Waals surface area contributed by atoms with Gasteiger partial charge >= 0.3 is 0 Å². The van der Waals surface area contributed by atoms with Crippen LogP contribution in [0.3, 0.4) is 0 Å². The van der Waals surface area contributed by atoms with Gasteiger partial charge in [0.2, 0.25) is 0 Å². The average molecular weight is 324 g/mol. The van der Waals surface area contributed by atoms with Gasteiger partial charge in [-0.3, -0.25) is 4.79 Å². The van der Waals surface area contributed by atoms with E-state index in [0.29, 0.717) is 10.1 Å². The molecule has 2 aromatic carbocycles. The molecule has 0 bridgehead atoms. The predicted molar refractivity (Wildman–Crippen MR) is 95.0 cm³/mol. The summed E-state index contributed by atoms with van der Waals surface area (Å²) < 4.78 is 5.13. The maximum atomic E-state index is 12.1. The minimum absolute atomic E-state index is 0.128. The van der Waals surface area contributed by atoms with Gasteiger partial charge in [0, 0.05) is 0 Å². The third kappa shape index (κ3) is 3.81. The molecule has 1 aliphatic rings. The van der Waals surface area contributed by atoms with Crippen LogP contribution < -0.4 is 10.1 Å². The Morgan fingerprint density at radius 1 is 1.17 bits per heavy atom. The Morgan fingerprint density at radius 3 is 2.65 bits per heavy atom. The highest BCUT2D eigenvalue weighted by Gasteiger charge is 2.23. The molecule has 3 rings (SSSR count). The zero-order valence-corrected chi connectivity index (χ0v) is 13.7. The van der Waals surface area contributed by atoms with Crippen LogP contribution in [0.1, 0.15) is 11.1 Å². The number of thioether (sulfide) groups is 1. The fourth-order valence-corrected chi connectivity index (χ4v) is 2.99. The summed E-state index contributed by atoms with van der Waals surface area (Å²) in [5, 5.41) is 3.39. The third-order valence-corrected chi connectivity index (χ3v) is 4.21. The molecule has 1 saturated heterocycles. The predicted octanol–water partition coefficient (Wildman–Crippen LogP) is 3.90. The van der Waals surface area contributed by atoms with Gasteiger partial charge in [-0.1, -0.05) is 24.3 Å². The van der Waals surface area contributed by atoms with E-state index >= 15 is 0 Å². The Bertz CT molecular complexity index is 795. The van der Waals surface area contributed by atoms with Crippen LogP contribution in [-0.2, 0) is 4.79 Å². The lowest BCUT2D eigenvalue weighted by Gasteiger charge is -1.99. The monoisotopic (exact) mass is 324 g/mol. The van der Waals surface area contributed by atoms with Gasteiger partial charge in [0.25, 0.3) is 5.91 Å². The summed E-state index contributed by atoms with van der Waals surface area (Å²) in [5.41, 5.74) is 2.91. The number of amides is 1. The molecule has 1 N–H and O–H groups in total. The molecular formula is C18H16N2O2S. The Morgan fingerprint density at radius 2 is 1.96 bits per heavy atom. The summed E-state index contributed by atoms with van der Waals surface area (Å²) in [6.07, 6.45) is 1.85. The number of nitrogens with one attached hydrogen (secondary N) is 1. The van der Waals surface area contributed by atoms with E-state index in [4.69, 9.17) is 4.74 Å². The van der Waals surface area contributed by atoms with Crippen molar-refractivity contribution in [1.82, 2.24) is 5.32 Å². The third-order valence-electron chi connectivity index (χ3n) is 3.30. The average Bonchev–Trinajstić information content (AvgIpc) is 2.87. The summed E-state index contributed by atoms with van der Waals surface area (Å²) >= 11 is 1.34. The first-order valence-electron chi connectivity index (χ1n) is 7.14. The largest absolute Gasteiger partial charge is 0.497 e. The minimum atomic E-state index is -0.128. The first kappa shape index (κ1) is 15.4. The SMILES string of the molecule is COc1ccc(/C=C2/SC(=Nc3cccc(C)c3)NC2=O)cc1. The van der Waals surface area contributed by atoms with Crippen molar-refractivity contribution in [3.8, 4) is 5.75 Å². The number of rotatable bonds is 3. The molecule has 1 fully saturated rings. The lowest BCUT2D eigenvalue weighted by atomic mass is 10.2. The van der Waals surface area contributed by atoms with E-state index in [1.54, 1.807) is 7.11 Å². The number of amidine groups is 1. The Balaban J connectivity index is 1.80. The number of carbonyl (C=O) groups excluding carboxylic acids is 1. The minimum Gasteiger partial charge on any atom is -0.497 e. The van der Waals surface area contributed by atoms with E-state index in [0.717, 1.165) is 22.6 Å². The molecule has 116 valence electrons. The quantitative estimate of drug-likeness (QED) is 0.871. The number of hydrogen-bond donors (Lipinski definition) is 1. The van der Waals surface area contributed by atoms with Crippen molar-refractivity contribution in [2.75, 3.05) is 7.11 Å². The van der Waals surface area contributed by atoms with Gasteiger partial charge in [0.15, 0.2) is 5.17 Å². The maximum absolute atomic E-state index is 12.1. The number of methoxy groups -OCH3 is 1. The van der Waals surface area contributed by atoms with E-state index in [1.807, 2.05) is 61.5 Å². The molecule has 0 aliphatic carbocycles. The molecule has 0 saturated carbocycles. The van der Waals surface area contributed by atoms with Gasteiger partial charge in [-0.25, -0.2) is 4.99 Å². The molecule has 0 atom stereocenters. The molecule has 23 heavy (non-hydrogen) atoms. The second-order valence-electron chi connectivity index (χ2n) is 5.09. The summed E-state index contributed by atoms with van der Waals surface area (Å²) in [4.78, 5) is 17.2. The van der Waals surface area contributed by atoms with Crippen molar-refractivity contribution in [1.29, 1.82) is 0 Å². The Hall–Kier alpha value is -2.53. The normalized spacial score (nSPS) is 17.6. The molecule has 2 aromatic rings. The number of ether oxygens (including phenoxy) is 1. The Kier molecular flexibility index (Phi) is 4.48.